The number of anilines is 1. The number of hydrogen-bond acceptors (Lipinski definition) is 3. The molecule has 1 fully saturated rings. The summed E-state index contributed by atoms with van der Waals surface area (Å²) in [6.07, 6.45) is 0.664. The van der Waals surface area contributed by atoms with Crippen LogP contribution in [0.4, 0.5) is 5.69 Å². The molecule has 4 nitrogen and oxygen atoms in total. The standard InChI is InChI=1S/C13H19N3O/c1-9-6-7-16(8-12(9)17)11-5-3-2-4-10(11)13(14)15/h2-5,9,12,17H,6-8H2,1H3,(H3,14,15). The zero-order valence-electron chi connectivity index (χ0n) is 10.1. The van der Waals surface area contributed by atoms with Crippen LogP contribution in [-0.4, -0.2) is 30.1 Å². The van der Waals surface area contributed by atoms with Gasteiger partial charge >= 0.3 is 0 Å². The van der Waals surface area contributed by atoms with Crippen LogP contribution in [0.25, 0.3) is 0 Å². The average Bonchev–Trinajstić information content (AvgIpc) is 2.32. The van der Waals surface area contributed by atoms with Gasteiger partial charge in [-0.3, -0.25) is 5.41 Å². The van der Waals surface area contributed by atoms with Crippen LogP contribution in [0.15, 0.2) is 24.3 Å². The Bertz CT molecular complexity index is 419. The minimum atomic E-state index is -0.302. The van der Waals surface area contributed by atoms with Gasteiger partial charge in [-0.25, -0.2) is 0 Å². The van der Waals surface area contributed by atoms with Gasteiger partial charge in [0.05, 0.1) is 6.10 Å². The quantitative estimate of drug-likeness (QED) is 0.530. The van der Waals surface area contributed by atoms with E-state index in [4.69, 9.17) is 11.1 Å². The Kier molecular flexibility index (Phi) is 3.33. The average molecular weight is 233 g/mol. The van der Waals surface area contributed by atoms with Crippen molar-refractivity contribution in [1.82, 2.24) is 0 Å². The van der Waals surface area contributed by atoms with Crippen LogP contribution in [0.2, 0.25) is 0 Å². The lowest BCUT2D eigenvalue weighted by Gasteiger charge is -2.36. The van der Waals surface area contributed by atoms with Gasteiger partial charge in [-0.1, -0.05) is 19.1 Å². The number of aliphatic hydroxyl groups excluding tert-OH is 1. The number of amidine groups is 1. The van der Waals surface area contributed by atoms with Crippen molar-refractivity contribution in [2.24, 2.45) is 11.7 Å². The Morgan fingerprint density at radius 3 is 2.82 bits per heavy atom. The van der Waals surface area contributed by atoms with E-state index in [0.717, 1.165) is 24.2 Å². The van der Waals surface area contributed by atoms with Gasteiger partial charge in [0.1, 0.15) is 5.84 Å². The van der Waals surface area contributed by atoms with Crippen molar-refractivity contribution < 1.29 is 5.11 Å². The zero-order chi connectivity index (χ0) is 12.4. The first-order chi connectivity index (χ1) is 8.09. The third kappa shape index (κ3) is 2.42. The highest BCUT2D eigenvalue weighted by Crippen LogP contribution is 2.26. The third-order valence-electron chi connectivity index (χ3n) is 3.45. The molecule has 1 aliphatic heterocycles. The highest BCUT2D eigenvalue weighted by atomic mass is 16.3. The number of nitrogens with two attached hydrogens (primary N) is 1. The number of rotatable bonds is 2. The predicted octanol–water partition coefficient (Wildman–Crippen LogP) is 1.18. The summed E-state index contributed by atoms with van der Waals surface area (Å²) in [6, 6.07) is 7.62. The molecule has 0 bridgehead atoms. The molecule has 1 aromatic carbocycles. The second-order valence-electron chi connectivity index (χ2n) is 4.71. The van der Waals surface area contributed by atoms with E-state index in [1.807, 2.05) is 24.3 Å². The highest BCUT2D eigenvalue weighted by molar-refractivity contribution is 6.00. The molecule has 0 aliphatic carbocycles. The van der Waals surface area contributed by atoms with E-state index in [2.05, 4.69) is 11.8 Å². The van der Waals surface area contributed by atoms with Gasteiger partial charge in [-0.05, 0) is 24.5 Å². The fourth-order valence-electron chi connectivity index (χ4n) is 2.24. The van der Waals surface area contributed by atoms with E-state index in [-0.39, 0.29) is 11.9 Å². The molecule has 1 aromatic rings. The molecule has 1 saturated heterocycles. The van der Waals surface area contributed by atoms with Crippen molar-refractivity contribution in [3.8, 4) is 0 Å². The molecule has 2 rings (SSSR count). The van der Waals surface area contributed by atoms with E-state index in [1.165, 1.54) is 0 Å². The van der Waals surface area contributed by atoms with Crippen LogP contribution < -0.4 is 10.6 Å². The number of nitrogens with zero attached hydrogens (tertiary/aromatic N) is 1. The Balaban J connectivity index is 2.25. The van der Waals surface area contributed by atoms with Gasteiger partial charge in [-0.2, -0.15) is 0 Å². The van der Waals surface area contributed by atoms with Gasteiger partial charge in [0.25, 0.3) is 0 Å². The second-order valence-corrected chi connectivity index (χ2v) is 4.71. The summed E-state index contributed by atoms with van der Waals surface area (Å²) in [5.41, 5.74) is 7.27. The molecule has 0 spiro atoms. The Hall–Kier alpha value is -1.55. The normalized spacial score (nSPS) is 24.7. The number of piperidine rings is 1. The molecule has 2 atom stereocenters. The summed E-state index contributed by atoms with van der Waals surface area (Å²) in [4.78, 5) is 2.11. The molecule has 1 heterocycles. The molecule has 0 amide bonds. The van der Waals surface area contributed by atoms with Gasteiger partial charge in [0.15, 0.2) is 0 Å². The zero-order valence-corrected chi connectivity index (χ0v) is 10.1. The molecule has 92 valence electrons. The second kappa shape index (κ2) is 4.75. The Morgan fingerprint density at radius 2 is 2.18 bits per heavy atom. The van der Waals surface area contributed by atoms with E-state index in [1.54, 1.807) is 0 Å². The predicted molar refractivity (Wildman–Crippen MR) is 69.5 cm³/mol. The lowest BCUT2D eigenvalue weighted by atomic mass is 9.95. The van der Waals surface area contributed by atoms with Crippen LogP contribution in [0.5, 0.6) is 0 Å². The van der Waals surface area contributed by atoms with Crippen molar-refractivity contribution in [3.05, 3.63) is 29.8 Å². The minimum Gasteiger partial charge on any atom is -0.391 e. The lowest BCUT2D eigenvalue weighted by Crippen LogP contribution is -2.43. The smallest absolute Gasteiger partial charge is 0.124 e. The fraction of sp³-hybridized carbons (Fsp3) is 0.462. The Morgan fingerprint density at radius 1 is 1.47 bits per heavy atom. The van der Waals surface area contributed by atoms with Crippen LogP contribution in [0.1, 0.15) is 18.9 Å². The topological polar surface area (TPSA) is 73.3 Å². The minimum absolute atomic E-state index is 0.0775. The SMILES string of the molecule is CC1CCN(c2ccccc2C(=N)N)CC1O. The molecule has 4 N–H and O–H groups in total. The summed E-state index contributed by atoms with van der Waals surface area (Å²) < 4.78 is 0. The fourth-order valence-corrected chi connectivity index (χ4v) is 2.24. The van der Waals surface area contributed by atoms with Crippen LogP contribution in [0.3, 0.4) is 0 Å². The number of aliphatic hydroxyl groups is 1. The van der Waals surface area contributed by atoms with Crippen molar-refractivity contribution in [3.63, 3.8) is 0 Å². The van der Waals surface area contributed by atoms with Crippen molar-refractivity contribution >= 4 is 11.5 Å². The first kappa shape index (κ1) is 11.9. The first-order valence-corrected chi connectivity index (χ1v) is 5.96. The molecule has 17 heavy (non-hydrogen) atoms. The molecular weight excluding hydrogens is 214 g/mol. The van der Waals surface area contributed by atoms with E-state index >= 15 is 0 Å². The summed E-state index contributed by atoms with van der Waals surface area (Å²) in [6.45, 7) is 3.59. The van der Waals surface area contributed by atoms with Gasteiger partial charge < -0.3 is 15.7 Å². The maximum absolute atomic E-state index is 9.91. The number of benzene rings is 1. The van der Waals surface area contributed by atoms with Gasteiger partial charge in [-0.15, -0.1) is 0 Å². The van der Waals surface area contributed by atoms with Crippen molar-refractivity contribution in [2.45, 2.75) is 19.4 Å². The molecule has 4 heteroatoms. The van der Waals surface area contributed by atoms with Gasteiger partial charge in [0.2, 0.25) is 0 Å². The van der Waals surface area contributed by atoms with E-state index < -0.39 is 0 Å². The summed E-state index contributed by atoms with van der Waals surface area (Å²) in [5.74, 6) is 0.421. The van der Waals surface area contributed by atoms with Crippen LogP contribution in [0, 0.1) is 11.3 Å². The number of nitrogen functional groups attached to an aromatic ring is 1. The lowest BCUT2D eigenvalue weighted by molar-refractivity contribution is 0.103. The molecule has 1 aliphatic rings. The molecule has 2 unspecified atom stereocenters. The maximum atomic E-state index is 9.91. The number of β-amino-alcohol motifs (C(OH)–C–C–N with tert-alkyl or cyclic N) is 1. The first-order valence-electron chi connectivity index (χ1n) is 5.96. The number of para-hydroxylation sites is 1. The van der Waals surface area contributed by atoms with E-state index in [9.17, 15) is 5.11 Å². The van der Waals surface area contributed by atoms with Crippen molar-refractivity contribution in [1.29, 1.82) is 5.41 Å². The summed E-state index contributed by atoms with van der Waals surface area (Å²) in [7, 11) is 0. The van der Waals surface area contributed by atoms with Crippen LogP contribution >= 0.6 is 0 Å². The maximum Gasteiger partial charge on any atom is 0.124 e. The number of hydrogen-bond donors (Lipinski definition) is 3. The van der Waals surface area contributed by atoms with E-state index in [0.29, 0.717) is 12.5 Å². The molecule has 0 saturated carbocycles. The molecular formula is C13H19N3O. The summed E-state index contributed by atoms with van der Waals surface area (Å²) >= 11 is 0. The third-order valence-corrected chi connectivity index (χ3v) is 3.45. The summed E-state index contributed by atoms with van der Waals surface area (Å²) in [5, 5.41) is 17.5. The van der Waals surface area contributed by atoms with Crippen LogP contribution in [-0.2, 0) is 0 Å². The monoisotopic (exact) mass is 233 g/mol. The largest absolute Gasteiger partial charge is 0.391 e. The van der Waals surface area contributed by atoms with Crippen molar-refractivity contribution in [2.75, 3.05) is 18.0 Å². The highest BCUT2D eigenvalue weighted by Gasteiger charge is 2.25. The number of nitrogens with one attached hydrogen (secondary N) is 1. The Labute approximate surface area is 102 Å². The van der Waals surface area contributed by atoms with Gasteiger partial charge in [0, 0.05) is 24.3 Å². The molecule has 0 aromatic heterocycles. The molecule has 0 radical (unpaired) electrons.